The number of hydrogen-bond donors (Lipinski definition) is 2. The van der Waals surface area contributed by atoms with Crippen LogP contribution in [0.5, 0.6) is 0 Å². The Morgan fingerprint density at radius 1 is 1.32 bits per heavy atom. The first kappa shape index (κ1) is 17.0. The summed E-state index contributed by atoms with van der Waals surface area (Å²) < 4.78 is 3.13. The summed E-state index contributed by atoms with van der Waals surface area (Å²) in [5.41, 5.74) is 0.451. The molecule has 0 unspecified atom stereocenters. The molecule has 132 valence electrons. The maximum absolute atomic E-state index is 12.8. The minimum atomic E-state index is -0.291. The highest BCUT2D eigenvalue weighted by atomic mass is 16.2. The molecule has 0 radical (unpaired) electrons. The van der Waals surface area contributed by atoms with Crippen LogP contribution in [0.4, 0.5) is 11.9 Å². The second-order valence-corrected chi connectivity index (χ2v) is 5.81. The van der Waals surface area contributed by atoms with Gasteiger partial charge in [-0.05, 0) is 6.92 Å². The molecule has 0 bridgehead atoms. The molecule has 1 aliphatic rings. The van der Waals surface area contributed by atoms with Gasteiger partial charge in [-0.2, -0.15) is 9.97 Å². The van der Waals surface area contributed by atoms with Gasteiger partial charge in [-0.3, -0.25) is 24.0 Å². The van der Waals surface area contributed by atoms with E-state index in [9.17, 15) is 9.59 Å². The zero-order valence-electron chi connectivity index (χ0n) is 14.6. The largest absolute Gasteiger partial charge is 0.340 e. The summed E-state index contributed by atoms with van der Waals surface area (Å²) >= 11 is 0. The smallest absolute Gasteiger partial charge is 0.281 e. The van der Waals surface area contributed by atoms with Crippen molar-refractivity contribution in [2.45, 2.75) is 20.4 Å². The molecule has 1 amide bonds. The van der Waals surface area contributed by atoms with Crippen molar-refractivity contribution >= 4 is 29.0 Å². The highest BCUT2D eigenvalue weighted by Crippen LogP contribution is 2.20. The SMILES string of the molecule is CC#CCn1c(N2CCNCC2)nc2nc(NC(C)=O)n(C)c(=O)c21. The summed E-state index contributed by atoms with van der Waals surface area (Å²) in [4.78, 5) is 35.3. The number of carbonyl (C=O) groups is 1. The Labute approximate surface area is 145 Å². The Bertz CT molecular complexity index is 926. The van der Waals surface area contributed by atoms with Gasteiger partial charge in [0.2, 0.25) is 17.8 Å². The van der Waals surface area contributed by atoms with E-state index in [-0.39, 0.29) is 17.4 Å². The van der Waals surface area contributed by atoms with E-state index in [1.54, 1.807) is 14.0 Å². The monoisotopic (exact) mass is 343 g/mol. The normalized spacial score (nSPS) is 14.3. The number of rotatable bonds is 3. The minimum Gasteiger partial charge on any atom is -0.340 e. The van der Waals surface area contributed by atoms with Crippen LogP contribution in [-0.2, 0) is 18.4 Å². The van der Waals surface area contributed by atoms with E-state index in [0.717, 1.165) is 26.2 Å². The molecule has 1 saturated heterocycles. The molecular weight excluding hydrogens is 322 g/mol. The lowest BCUT2D eigenvalue weighted by molar-refractivity contribution is -0.114. The fourth-order valence-corrected chi connectivity index (χ4v) is 2.83. The zero-order chi connectivity index (χ0) is 18.0. The van der Waals surface area contributed by atoms with Crippen molar-refractivity contribution in [3.05, 3.63) is 10.4 Å². The third-order valence-corrected chi connectivity index (χ3v) is 4.07. The van der Waals surface area contributed by atoms with Crippen molar-refractivity contribution in [3.8, 4) is 11.8 Å². The summed E-state index contributed by atoms with van der Waals surface area (Å²) in [5.74, 6) is 6.43. The van der Waals surface area contributed by atoms with E-state index in [1.807, 2.05) is 4.57 Å². The van der Waals surface area contributed by atoms with E-state index < -0.39 is 0 Å². The van der Waals surface area contributed by atoms with E-state index in [1.165, 1.54) is 11.5 Å². The Morgan fingerprint density at radius 3 is 2.68 bits per heavy atom. The molecule has 1 aliphatic heterocycles. The van der Waals surface area contributed by atoms with Gasteiger partial charge in [0.1, 0.15) is 0 Å². The van der Waals surface area contributed by atoms with Crippen LogP contribution < -0.4 is 21.1 Å². The van der Waals surface area contributed by atoms with Gasteiger partial charge in [0, 0.05) is 40.2 Å². The molecule has 1 fully saturated rings. The molecular formula is C16H21N7O2. The first-order valence-corrected chi connectivity index (χ1v) is 8.13. The van der Waals surface area contributed by atoms with Gasteiger partial charge in [-0.1, -0.05) is 5.92 Å². The van der Waals surface area contributed by atoms with Gasteiger partial charge in [-0.25, -0.2) is 0 Å². The highest BCUT2D eigenvalue weighted by molar-refractivity contribution is 5.88. The first-order chi connectivity index (χ1) is 12.0. The second kappa shape index (κ2) is 6.94. The predicted octanol–water partition coefficient (Wildman–Crippen LogP) is -0.479. The first-order valence-electron chi connectivity index (χ1n) is 8.13. The molecule has 0 saturated carbocycles. The molecule has 3 rings (SSSR count). The van der Waals surface area contributed by atoms with Crippen LogP contribution in [0.1, 0.15) is 13.8 Å². The van der Waals surface area contributed by atoms with Gasteiger partial charge in [0.15, 0.2) is 11.2 Å². The molecule has 3 heterocycles. The van der Waals surface area contributed by atoms with Crippen molar-refractivity contribution in [2.75, 3.05) is 36.4 Å². The standard InChI is InChI=1S/C16H21N7O2/c1-4-5-8-23-12-13(20-16(23)22-9-6-17-7-10-22)19-15(18-11(2)24)21(3)14(12)25/h17H,6-10H2,1-3H3,(H,18,19,24). The number of imidazole rings is 1. The molecule has 0 atom stereocenters. The zero-order valence-corrected chi connectivity index (χ0v) is 14.6. The van der Waals surface area contributed by atoms with Gasteiger partial charge >= 0.3 is 0 Å². The predicted molar refractivity (Wildman–Crippen MR) is 95.6 cm³/mol. The number of nitrogens with one attached hydrogen (secondary N) is 2. The van der Waals surface area contributed by atoms with Crippen LogP contribution in [0.25, 0.3) is 11.2 Å². The molecule has 0 aromatic carbocycles. The number of fused-ring (bicyclic) bond motifs is 1. The number of anilines is 2. The molecule has 25 heavy (non-hydrogen) atoms. The van der Waals surface area contributed by atoms with Gasteiger partial charge in [0.25, 0.3) is 5.56 Å². The van der Waals surface area contributed by atoms with E-state index in [2.05, 4.69) is 37.3 Å². The number of nitrogens with zero attached hydrogens (tertiary/aromatic N) is 5. The van der Waals surface area contributed by atoms with E-state index >= 15 is 0 Å². The molecule has 0 aliphatic carbocycles. The summed E-state index contributed by atoms with van der Waals surface area (Å²) in [7, 11) is 1.58. The average molecular weight is 343 g/mol. The highest BCUT2D eigenvalue weighted by Gasteiger charge is 2.23. The Hall–Kier alpha value is -2.86. The number of hydrogen-bond acceptors (Lipinski definition) is 6. The molecule has 0 spiro atoms. The fourth-order valence-electron chi connectivity index (χ4n) is 2.83. The third kappa shape index (κ3) is 3.21. The van der Waals surface area contributed by atoms with Crippen LogP contribution >= 0.6 is 0 Å². The third-order valence-electron chi connectivity index (χ3n) is 4.07. The van der Waals surface area contributed by atoms with Crippen LogP contribution in [0.15, 0.2) is 4.79 Å². The average Bonchev–Trinajstić information content (AvgIpc) is 2.96. The Balaban J connectivity index is 2.21. The van der Waals surface area contributed by atoms with Crippen molar-refractivity contribution in [3.63, 3.8) is 0 Å². The van der Waals surface area contributed by atoms with Gasteiger partial charge in [-0.15, -0.1) is 5.92 Å². The number of amides is 1. The van der Waals surface area contributed by atoms with Crippen LogP contribution in [-0.4, -0.2) is 51.2 Å². The molecule has 9 heteroatoms. The number of aromatic nitrogens is 4. The summed E-state index contributed by atoms with van der Waals surface area (Å²) in [6, 6.07) is 0. The summed E-state index contributed by atoms with van der Waals surface area (Å²) in [6.07, 6.45) is 0. The number of carbonyl (C=O) groups excluding carboxylic acids is 1. The lowest BCUT2D eigenvalue weighted by Gasteiger charge is -2.28. The van der Waals surface area contributed by atoms with E-state index in [4.69, 9.17) is 0 Å². The van der Waals surface area contributed by atoms with Crippen molar-refractivity contribution < 1.29 is 4.79 Å². The lowest BCUT2D eigenvalue weighted by atomic mass is 10.4. The molecule has 2 N–H and O–H groups in total. The Morgan fingerprint density at radius 2 is 2.04 bits per heavy atom. The fraction of sp³-hybridized carbons (Fsp3) is 0.500. The minimum absolute atomic E-state index is 0.183. The Kier molecular flexibility index (Phi) is 4.72. The van der Waals surface area contributed by atoms with Gasteiger partial charge < -0.3 is 10.2 Å². The maximum Gasteiger partial charge on any atom is 0.281 e. The topological polar surface area (TPSA) is 97.1 Å². The van der Waals surface area contributed by atoms with Crippen molar-refractivity contribution in [2.24, 2.45) is 7.05 Å². The molecule has 9 nitrogen and oxygen atoms in total. The van der Waals surface area contributed by atoms with E-state index in [0.29, 0.717) is 23.7 Å². The summed E-state index contributed by atoms with van der Waals surface area (Å²) in [5, 5.41) is 5.87. The number of piperazine rings is 1. The summed E-state index contributed by atoms with van der Waals surface area (Å²) in [6.45, 7) is 6.79. The maximum atomic E-state index is 12.8. The van der Waals surface area contributed by atoms with Crippen LogP contribution in [0.2, 0.25) is 0 Å². The van der Waals surface area contributed by atoms with Crippen LogP contribution in [0, 0.1) is 11.8 Å². The molecule has 2 aromatic heterocycles. The van der Waals surface area contributed by atoms with Crippen LogP contribution in [0.3, 0.4) is 0 Å². The molecule has 2 aromatic rings. The lowest BCUT2D eigenvalue weighted by Crippen LogP contribution is -2.44. The van der Waals surface area contributed by atoms with Crippen molar-refractivity contribution in [1.29, 1.82) is 0 Å². The second-order valence-electron chi connectivity index (χ2n) is 5.81. The van der Waals surface area contributed by atoms with Crippen molar-refractivity contribution in [1.82, 2.24) is 24.4 Å². The quantitative estimate of drug-likeness (QED) is 0.731. The van der Waals surface area contributed by atoms with Gasteiger partial charge in [0.05, 0.1) is 6.54 Å².